The maximum absolute atomic E-state index is 12.4. The Morgan fingerprint density at radius 2 is 1.86 bits per heavy atom. The fourth-order valence-electron chi connectivity index (χ4n) is 2.51. The number of nitrogens with zero attached hydrogens (tertiary/aromatic N) is 2. The van der Waals surface area contributed by atoms with Crippen molar-refractivity contribution in [3.8, 4) is 0 Å². The maximum Gasteiger partial charge on any atom is 0.277 e. The van der Waals surface area contributed by atoms with Crippen LogP contribution in [0.5, 0.6) is 0 Å². The second-order valence-corrected chi connectivity index (χ2v) is 6.56. The third-order valence-corrected chi connectivity index (χ3v) is 4.77. The number of aromatic nitrogens is 1. The molecule has 7 nitrogen and oxygen atoms in total. The third kappa shape index (κ3) is 2.78. The molecule has 0 unspecified atom stereocenters. The predicted octanol–water partition coefficient (Wildman–Crippen LogP) is 0.129. The van der Waals surface area contributed by atoms with Crippen LogP contribution in [0.3, 0.4) is 0 Å². The van der Waals surface area contributed by atoms with Crippen LogP contribution in [0.1, 0.15) is 10.4 Å². The lowest BCUT2D eigenvalue weighted by atomic mass is 10.1. The Morgan fingerprint density at radius 3 is 2.52 bits per heavy atom. The lowest BCUT2D eigenvalue weighted by Gasteiger charge is -2.33. The normalized spacial score (nSPS) is 17.3. The topological polar surface area (TPSA) is 99.5 Å². The Hall–Kier alpha value is -1.90. The van der Waals surface area contributed by atoms with Crippen LogP contribution in [0.4, 0.5) is 0 Å². The van der Waals surface area contributed by atoms with Gasteiger partial charge in [0.05, 0.1) is 0 Å². The van der Waals surface area contributed by atoms with Crippen molar-refractivity contribution in [3.05, 3.63) is 36.0 Å². The van der Waals surface area contributed by atoms with Gasteiger partial charge in [0, 0.05) is 43.5 Å². The van der Waals surface area contributed by atoms with Crippen molar-refractivity contribution in [2.24, 2.45) is 5.14 Å². The van der Waals surface area contributed by atoms with Crippen molar-refractivity contribution < 1.29 is 13.2 Å². The van der Waals surface area contributed by atoms with Crippen LogP contribution in [-0.2, 0) is 10.2 Å². The molecule has 1 saturated heterocycles. The zero-order valence-corrected chi connectivity index (χ0v) is 12.1. The molecule has 0 spiro atoms. The Morgan fingerprint density at radius 1 is 1.14 bits per heavy atom. The van der Waals surface area contributed by atoms with Gasteiger partial charge in [-0.25, -0.2) is 5.14 Å². The molecule has 112 valence electrons. The first kappa shape index (κ1) is 14.1. The molecule has 0 bridgehead atoms. The summed E-state index contributed by atoms with van der Waals surface area (Å²) in [5, 5.41) is 6.13. The molecular weight excluding hydrogens is 292 g/mol. The molecule has 1 fully saturated rings. The van der Waals surface area contributed by atoms with Crippen LogP contribution in [0.25, 0.3) is 10.9 Å². The SMILES string of the molecule is NS(=O)(=O)N1CCN(C(=O)c2ccc3cc[nH]c3c2)CC1. The molecule has 0 atom stereocenters. The van der Waals surface area contributed by atoms with Crippen LogP contribution < -0.4 is 5.14 Å². The minimum Gasteiger partial charge on any atom is -0.361 e. The van der Waals surface area contributed by atoms with E-state index in [1.807, 2.05) is 24.4 Å². The van der Waals surface area contributed by atoms with Crippen LogP contribution in [0.2, 0.25) is 0 Å². The zero-order valence-electron chi connectivity index (χ0n) is 11.3. The van der Waals surface area contributed by atoms with E-state index in [1.165, 1.54) is 4.31 Å². The molecule has 2 aromatic rings. The van der Waals surface area contributed by atoms with Gasteiger partial charge in [0.15, 0.2) is 0 Å². The zero-order chi connectivity index (χ0) is 15.0. The summed E-state index contributed by atoms with van der Waals surface area (Å²) in [7, 11) is -3.67. The number of fused-ring (bicyclic) bond motifs is 1. The Kier molecular flexibility index (Phi) is 3.44. The highest BCUT2D eigenvalue weighted by molar-refractivity contribution is 7.86. The van der Waals surface area contributed by atoms with Gasteiger partial charge in [0.2, 0.25) is 0 Å². The van der Waals surface area contributed by atoms with Gasteiger partial charge < -0.3 is 9.88 Å². The number of hydrogen-bond donors (Lipinski definition) is 2. The van der Waals surface area contributed by atoms with E-state index < -0.39 is 10.2 Å². The van der Waals surface area contributed by atoms with E-state index in [-0.39, 0.29) is 19.0 Å². The molecule has 1 aliphatic heterocycles. The summed E-state index contributed by atoms with van der Waals surface area (Å²) in [6.07, 6.45) is 1.82. The highest BCUT2D eigenvalue weighted by atomic mass is 32.2. The van der Waals surface area contributed by atoms with Gasteiger partial charge in [-0.05, 0) is 23.6 Å². The first-order chi connectivity index (χ1) is 9.95. The molecule has 3 N–H and O–H groups in total. The molecule has 2 heterocycles. The molecule has 21 heavy (non-hydrogen) atoms. The van der Waals surface area contributed by atoms with E-state index >= 15 is 0 Å². The van der Waals surface area contributed by atoms with Crippen molar-refractivity contribution in [2.75, 3.05) is 26.2 Å². The first-order valence-electron chi connectivity index (χ1n) is 6.59. The third-order valence-electron chi connectivity index (χ3n) is 3.69. The summed E-state index contributed by atoms with van der Waals surface area (Å²) in [5.41, 5.74) is 1.50. The highest BCUT2D eigenvalue weighted by Crippen LogP contribution is 2.16. The summed E-state index contributed by atoms with van der Waals surface area (Å²) < 4.78 is 23.7. The van der Waals surface area contributed by atoms with Crippen molar-refractivity contribution in [2.45, 2.75) is 0 Å². The van der Waals surface area contributed by atoms with Crippen LogP contribution in [0.15, 0.2) is 30.5 Å². The number of carbonyl (C=O) groups excluding carboxylic acids is 1. The second kappa shape index (κ2) is 5.14. The van der Waals surface area contributed by atoms with Crippen molar-refractivity contribution in [3.63, 3.8) is 0 Å². The van der Waals surface area contributed by atoms with E-state index in [4.69, 9.17) is 5.14 Å². The average molecular weight is 308 g/mol. The number of nitrogens with two attached hydrogens (primary N) is 1. The number of rotatable bonds is 2. The lowest BCUT2D eigenvalue weighted by molar-refractivity contribution is 0.0698. The molecule has 1 aliphatic rings. The van der Waals surface area contributed by atoms with E-state index in [1.54, 1.807) is 11.0 Å². The summed E-state index contributed by atoms with van der Waals surface area (Å²) in [6.45, 7) is 1.15. The molecule has 8 heteroatoms. The molecular formula is C13H16N4O3S. The fourth-order valence-corrected chi connectivity index (χ4v) is 3.18. The first-order valence-corrected chi connectivity index (χ1v) is 8.10. The maximum atomic E-state index is 12.4. The molecule has 0 aliphatic carbocycles. The molecule has 0 radical (unpaired) electrons. The van der Waals surface area contributed by atoms with Gasteiger partial charge in [0.1, 0.15) is 0 Å². The smallest absolute Gasteiger partial charge is 0.277 e. The fraction of sp³-hybridized carbons (Fsp3) is 0.308. The van der Waals surface area contributed by atoms with Crippen molar-refractivity contribution in [1.29, 1.82) is 0 Å². The summed E-state index contributed by atoms with van der Waals surface area (Å²) in [4.78, 5) is 17.1. The van der Waals surface area contributed by atoms with E-state index in [0.717, 1.165) is 10.9 Å². The van der Waals surface area contributed by atoms with E-state index in [9.17, 15) is 13.2 Å². The number of piperazine rings is 1. The average Bonchev–Trinajstić information content (AvgIpc) is 2.93. The Labute approximate surface area is 122 Å². The summed E-state index contributed by atoms with van der Waals surface area (Å²) >= 11 is 0. The lowest BCUT2D eigenvalue weighted by Crippen LogP contribution is -2.52. The number of amides is 1. The minimum atomic E-state index is -3.67. The van der Waals surface area contributed by atoms with Gasteiger partial charge in [-0.1, -0.05) is 6.07 Å². The van der Waals surface area contributed by atoms with Gasteiger partial charge in [0.25, 0.3) is 16.1 Å². The molecule has 1 aromatic heterocycles. The summed E-state index contributed by atoms with van der Waals surface area (Å²) in [5.74, 6) is -0.0967. The van der Waals surface area contributed by atoms with E-state index in [2.05, 4.69) is 4.98 Å². The Balaban J connectivity index is 1.74. The molecule has 0 saturated carbocycles. The van der Waals surface area contributed by atoms with Gasteiger partial charge in [-0.3, -0.25) is 4.79 Å². The Bertz CT molecular complexity index is 776. The van der Waals surface area contributed by atoms with Gasteiger partial charge in [-0.15, -0.1) is 0 Å². The van der Waals surface area contributed by atoms with Crippen molar-refractivity contribution in [1.82, 2.24) is 14.2 Å². The molecule has 1 aromatic carbocycles. The number of hydrogen-bond acceptors (Lipinski definition) is 3. The molecule has 1 amide bonds. The van der Waals surface area contributed by atoms with Crippen LogP contribution in [0, 0.1) is 0 Å². The van der Waals surface area contributed by atoms with E-state index in [0.29, 0.717) is 18.7 Å². The quantitative estimate of drug-likeness (QED) is 0.824. The van der Waals surface area contributed by atoms with Gasteiger partial charge in [-0.2, -0.15) is 12.7 Å². The number of benzene rings is 1. The number of H-pyrrole nitrogens is 1. The van der Waals surface area contributed by atoms with Crippen LogP contribution >= 0.6 is 0 Å². The number of nitrogens with one attached hydrogen (secondary N) is 1. The van der Waals surface area contributed by atoms with Crippen molar-refractivity contribution >= 4 is 27.0 Å². The predicted molar refractivity (Wildman–Crippen MR) is 78.9 cm³/mol. The highest BCUT2D eigenvalue weighted by Gasteiger charge is 2.27. The number of aromatic amines is 1. The minimum absolute atomic E-state index is 0.0967. The number of carbonyl (C=O) groups is 1. The van der Waals surface area contributed by atoms with Gasteiger partial charge >= 0.3 is 0 Å². The largest absolute Gasteiger partial charge is 0.361 e. The molecule has 3 rings (SSSR count). The van der Waals surface area contributed by atoms with Crippen LogP contribution in [-0.4, -0.2) is 54.7 Å². The summed E-state index contributed by atoms with van der Waals surface area (Å²) in [6, 6.07) is 7.42. The monoisotopic (exact) mass is 308 g/mol. The second-order valence-electron chi connectivity index (χ2n) is 5.02. The standard InChI is InChI=1S/C13H16N4O3S/c14-21(19,20)17-7-5-16(6-8-17)13(18)11-2-1-10-3-4-15-12(10)9-11/h1-4,9,15H,5-8H2,(H2,14,19,20).